The maximum absolute atomic E-state index is 14.1. The minimum absolute atomic E-state index is 0. The molecule has 1 heterocycles. The Morgan fingerprint density at radius 2 is 1.62 bits per heavy atom. The van der Waals surface area contributed by atoms with Gasteiger partial charge in [0.2, 0.25) is 0 Å². The highest BCUT2D eigenvalue weighted by Gasteiger charge is 2.41. The number of carbonyl (C=O) groups is 2. The van der Waals surface area contributed by atoms with Crippen molar-refractivity contribution in [1.29, 1.82) is 0 Å². The van der Waals surface area contributed by atoms with E-state index in [9.17, 15) is 9.59 Å². The lowest BCUT2D eigenvalue weighted by Gasteiger charge is -2.34. The van der Waals surface area contributed by atoms with Crippen molar-refractivity contribution in [2.75, 3.05) is 52.8 Å². The molecule has 0 radical (unpaired) electrons. The van der Waals surface area contributed by atoms with Crippen LogP contribution in [0.4, 0.5) is 5.69 Å². The second kappa shape index (κ2) is 14.2. The summed E-state index contributed by atoms with van der Waals surface area (Å²) in [6, 6.07) is 23.6. The van der Waals surface area contributed by atoms with Gasteiger partial charge in [0.05, 0.1) is 58.9 Å². The molecule has 1 aliphatic heterocycles. The van der Waals surface area contributed by atoms with Crippen LogP contribution in [0.3, 0.4) is 0 Å². The second-order valence-electron chi connectivity index (χ2n) is 10.3. The molecule has 0 saturated carbocycles. The van der Waals surface area contributed by atoms with Gasteiger partial charge < -0.3 is 47.6 Å². The standard InChI is InChI=1S/C31H37N2O5S.HI/c1-22(34)38-29-30(24-13-15-25(36-4)16-14-24)39-28-12-7-6-11-27(28)32(31(29)35)18-20-33(2,3)19-17-23-9-8-10-26(21-23)37-5;/h6-16,21,29-30H,17-20H2,1-5H3;1H/q+1;/p-1/t29-,30+;/m1./s1. The van der Waals surface area contributed by atoms with Crippen LogP contribution in [0.25, 0.3) is 0 Å². The van der Waals surface area contributed by atoms with Crippen LogP contribution in [0.15, 0.2) is 77.7 Å². The number of hydrogen-bond donors (Lipinski definition) is 0. The van der Waals surface area contributed by atoms with Crippen molar-refractivity contribution >= 4 is 29.3 Å². The summed E-state index contributed by atoms with van der Waals surface area (Å²) < 4.78 is 17.1. The third kappa shape index (κ3) is 7.92. The molecule has 3 aromatic carbocycles. The molecular weight excluding hydrogens is 639 g/mol. The minimum atomic E-state index is -0.958. The number of halogens is 1. The van der Waals surface area contributed by atoms with E-state index in [0.717, 1.165) is 51.6 Å². The van der Waals surface area contributed by atoms with Crippen molar-refractivity contribution in [3.63, 3.8) is 0 Å². The van der Waals surface area contributed by atoms with E-state index in [-0.39, 0.29) is 29.9 Å². The fraction of sp³-hybridized carbons (Fsp3) is 0.355. The quantitative estimate of drug-likeness (QED) is 0.187. The second-order valence-corrected chi connectivity index (χ2v) is 11.5. The summed E-state index contributed by atoms with van der Waals surface area (Å²) in [7, 11) is 7.64. The third-order valence-electron chi connectivity index (χ3n) is 7.00. The fourth-order valence-corrected chi connectivity index (χ4v) is 6.00. The molecule has 214 valence electrons. The number of para-hydroxylation sites is 1. The molecule has 0 aromatic heterocycles. The number of fused-ring (bicyclic) bond motifs is 1. The molecule has 9 heteroatoms. The highest BCUT2D eigenvalue weighted by molar-refractivity contribution is 7.99. The van der Waals surface area contributed by atoms with Crippen LogP contribution in [0, 0.1) is 0 Å². The fourth-order valence-electron chi connectivity index (χ4n) is 4.68. The number of carbonyl (C=O) groups excluding carboxylic acids is 2. The Hall–Kier alpha value is -2.76. The SMILES string of the molecule is COc1ccc([C@@H]2Sc3ccccc3N(CC[N+](C)(C)CCc3cccc(OC)c3)C(=O)[C@@H]2OC(C)=O)cc1.[I-]. The molecule has 0 spiro atoms. The first-order valence-corrected chi connectivity index (χ1v) is 13.9. The lowest BCUT2D eigenvalue weighted by atomic mass is 10.1. The van der Waals surface area contributed by atoms with Gasteiger partial charge in [0, 0.05) is 18.2 Å². The average molecular weight is 677 g/mol. The minimum Gasteiger partial charge on any atom is -1.00 e. The predicted octanol–water partition coefficient (Wildman–Crippen LogP) is 2.14. The summed E-state index contributed by atoms with van der Waals surface area (Å²) in [5, 5.41) is -0.394. The number of benzene rings is 3. The van der Waals surface area contributed by atoms with Gasteiger partial charge in [-0.05, 0) is 47.5 Å². The number of quaternary nitrogens is 1. The van der Waals surface area contributed by atoms with Gasteiger partial charge in [-0.25, -0.2) is 0 Å². The van der Waals surface area contributed by atoms with Crippen LogP contribution in [0.1, 0.15) is 23.3 Å². The van der Waals surface area contributed by atoms with Crippen molar-refractivity contribution in [1.82, 2.24) is 0 Å². The van der Waals surface area contributed by atoms with Gasteiger partial charge in [-0.15, -0.1) is 11.8 Å². The molecule has 0 saturated heterocycles. The van der Waals surface area contributed by atoms with E-state index in [1.807, 2.05) is 60.7 Å². The molecule has 0 aliphatic carbocycles. The maximum Gasteiger partial charge on any atom is 0.303 e. The Bertz CT molecular complexity index is 1300. The number of hydrogen-bond acceptors (Lipinski definition) is 6. The summed E-state index contributed by atoms with van der Waals surface area (Å²) in [5.74, 6) is 0.887. The van der Waals surface area contributed by atoms with Crippen molar-refractivity contribution in [3.8, 4) is 11.5 Å². The summed E-state index contributed by atoms with van der Waals surface area (Å²) in [6.45, 7) is 3.47. The van der Waals surface area contributed by atoms with E-state index in [1.54, 1.807) is 30.9 Å². The molecule has 7 nitrogen and oxygen atoms in total. The normalized spacial score (nSPS) is 16.8. The summed E-state index contributed by atoms with van der Waals surface area (Å²) in [4.78, 5) is 29.1. The van der Waals surface area contributed by atoms with E-state index < -0.39 is 17.3 Å². The number of nitrogens with zero attached hydrogens (tertiary/aromatic N) is 2. The molecule has 1 amide bonds. The van der Waals surface area contributed by atoms with Crippen molar-refractivity contribution in [3.05, 3.63) is 83.9 Å². The van der Waals surface area contributed by atoms with Crippen molar-refractivity contribution in [2.24, 2.45) is 0 Å². The van der Waals surface area contributed by atoms with Crippen LogP contribution < -0.4 is 38.4 Å². The van der Waals surface area contributed by atoms with E-state index >= 15 is 0 Å². The zero-order chi connectivity index (χ0) is 28.0. The maximum atomic E-state index is 14.1. The number of thioether (sulfide) groups is 1. The molecule has 2 atom stereocenters. The number of ether oxygens (including phenoxy) is 3. The van der Waals surface area contributed by atoms with Crippen LogP contribution in [0.2, 0.25) is 0 Å². The zero-order valence-electron chi connectivity index (χ0n) is 23.6. The molecule has 0 bridgehead atoms. The van der Waals surface area contributed by atoms with Crippen LogP contribution >= 0.6 is 11.8 Å². The van der Waals surface area contributed by atoms with Gasteiger partial charge in [0.1, 0.15) is 11.5 Å². The first-order valence-electron chi connectivity index (χ1n) is 13.0. The van der Waals surface area contributed by atoms with E-state index in [4.69, 9.17) is 14.2 Å². The van der Waals surface area contributed by atoms with Crippen molar-refractivity contribution in [2.45, 2.75) is 29.6 Å². The lowest BCUT2D eigenvalue weighted by Crippen LogP contribution is -3.00. The number of likely N-dealkylation sites (N-methyl/N-ethyl adjacent to an activating group) is 1. The van der Waals surface area contributed by atoms with Crippen molar-refractivity contribution < 1.29 is 52.3 Å². The van der Waals surface area contributed by atoms with E-state index in [0.29, 0.717) is 6.54 Å². The highest BCUT2D eigenvalue weighted by atomic mass is 127. The Labute approximate surface area is 258 Å². The number of anilines is 1. The van der Waals surface area contributed by atoms with Crippen LogP contribution in [0.5, 0.6) is 11.5 Å². The molecule has 3 aromatic rings. The summed E-state index contributed by atoms with van der Waals surface area (Å²) in [6.07, 6.45) is -0.0686. The van der Waals surface area contributed by atoms with Crippen LogP contribution in [-0.4, -0.2) is 70.4 Å². The van der Waals surface area contributed by atoms with Gasteiger partial charge in [0.15, 0.2) is 6.10 Å². The van der Waals surface area contributed by atoms with E-state index in [1.165, 1.54) is 12.5 Å². The molecule has 0 unspecified atom stereocenters. The Morgan fingerprint density at radius 1 is 0.925 bits per heavy atom. The molecule has 0 N–H and O–H groups in total. The molecule has 1 aliphatic rings. The highest BCUT2D eigenvalue weighted by Crippen LogP contribution is 2.46. The number of esters is 1. The number of amides is 1. The van der Waals surface area contributed by atoms with Gasteiger partial charge in [0.25, 0.3) is 5.91 Å². The summed E-state index contributed by atoms with van der Waals surface area (Å²) >= 11 is 1.55. The van der Waals surface area contributed by atoms with Gasteiger partial charge in [-0.3, -0.25) is 9.59 Å². The van der Waals surface area contributed by atoms with Crippen LogP contribution in [-0.2, 0) is 20.7 Å². The smallest absolute Gasteiger partial charge is 0.303 e. The Kier molecular flexibility index (Phi) is 11.3. The molecular formula is C31H37IN2O5S. The largest absolute Gasteiger partial charge is 1.00 e. The number of methoxy groups -OCH3 is 2. The lowest BCUT2D eigenvalue weighted by molar-refractivity contribution is -0.888. The molecule has 40 heavy (non-hydrogen) atoms. The third-order valence-corrected chi connectivity index (χ3v) is 8.37. The zero-order valence-corrected chi connectivity index (χ0v) is 26.6. The first kappa shape index (κ1) is 31.8. The van der Waals surface area contributed by atoms with Gasteiger partial charge in [-0.1, -0.05) is 36.4 Å². The summed E-state index contributed by atoms with van der Waals surface area (Å²) in [5.41, 5.74) is 2.95. The first-order chi connectivity index (χ1) is 18.7. The number of rotatable bonds is 10. The van der Waals surface area contributed by atoms with E-state index in [2.05, 4.69) is 26.2 Å². The Balaban J connectivity index is 0.00000441. The van der Waals surface area contributed by atoms with Gasteiger partial charge in [-0.2, -0.15) is 0 Å². The Morgan fingerprint density at radius 3 is 2.30 bits per heavy atom. The van der Waals surface area contributed by atoms with Gasteiger partial charge >= 0.3 is 5.97 Å². The molecule has 4 rings (SSSR count). The topological polar surface area (TPSA) is 65.1 Å². The molecule has 0 fully saturated rings. The average Bonchev–Trinajstić information content (AvgIpc) is 3.05. The predicted molar refractivity (Wildman–Crippen MR) is 154 cm³/mol. The monoisotopic (exact) mass is 676 g/mol.